The second kappa shape index (κ2) is 2.38. The average molecular weight is 180 g/mol. The number of imidazole rings is 1. The van der Waals surface area contributed by atoms with Crippen molar-refractivity contribution in [2.24, 2.45) is 14.1 Å². The maximum absolute atomic E-state index is 5.20. The van der Waals surface area contributed by atoms with E-state index in [0.29, 0.717) is 5.65 Å². The summed E-state index contributed by atoms with van der Waals surface area (Å²) >= 11 is 5.20. The standard InChI is InChI=1S/C7H8N4S/c1-10-3-8-6-5(10)7(12)11(2)4-9-6/h3-4H,1-2H3. The molecule has 2 aromatic rings. The molecule has 62 valence electrons. The molecule has 0 aromatic carbocycles. The Bertz CT molecular complexity index is 482. The van der Waals surface area contributed by atoms with Gasteiger partial charge in [-0.15, -0.1) is 0 Å². The van der Waals surface area contributed by atoms with Crippen LogP contribution in [0.1, 0.15) is 0 Å². The molecule has 0 saturated carbocycles. The van der Waals surface area contributed by atoms with Gasteiger partial charge in [0.25, 0.3) is 0 Å². The zero-order valence-electron chi connectivity index (χ0n) is 6.85. The summed E-state index contributed by atoms with van der Waals surface area (Å²) in [7, 11) is 3.79. The Morgan fingerprint density at radius 1 is 1.17 bits per heavy atom. The minimum absolute atomic E-state index is 0.709. The van der Waals surface area contributed by atoms with Gasteiger partial charge in [-0.3, -0.25) is 0 Å². The minimum atomic E-state index is 0.709. The lowest BCUT2D eigenvalue weighted by atomic mass is 10.5. The lowest BCUT2D eigenvalue weighted by molar-refractivity contribution is 0.850. The second-order valence-electron chi connectivity index (χ2n) is 2.69. The molecule has 12 heavy (non-hydrogen) atoms. The molecule has 5 heteroatoms. The first-order valence-corrected chi connectivity index (χ1v) is 3.93. The molecule has 0 N–H and O–H groups in total. The quantitative estimate of drug-likeness (QED) is 0.568. The van der Waals surface area contributed by atoms with Crippen molar-refractivity contribution in [2.45, 2.75) is 0 Å². The molecule has 0 atom stereocenters. The average Bonchev–Trinajstić information content (AvgIpc) is 2.41. The van der Waals surface area contributed by atoms with Crippen LogP contribution in [-0.2, 0) is 14.1 Å². The fourth-order valence-electron chi connectivity index (χ4n) is 1.12. The largest absolute Gasteiger partial charge is 0.330 e. The predicted octanol–water partition coefficient (Wildman–Crippen LogP) is 1.04. The number of hydrogen-bond donors (Lipinski definition) is 0. The summed E-state index contributed by atoms with van der Waals surface area (Å²) in [6.07, 6.45) is 3.39. The number of rotatable bonds is 0. The van der Waals surface area contributed by atoms with Gasteiger partial charge < -0.3 is 9.13 Å². The van der Waals surface area contributed by atoms with Gasteiger partial charge in [-0.25, -0.2) is 9.97 Å². The molecule has 0 unspecified atom stereocenters. The van der Waals surface area contributed by atoms with Crippen LogP contribution in [0.3, 0.4) is 0 Å². The topological polar surface area (TPSA) is 35.6 Å². The van der Waals surface area contributed by atoms with E-state index in [2.05, 4.69) is 9.97 Å². The smallest absolute Gasteiger partial charge is 0.182 e. The summed E-state index contributed by atoms with van der Waals surface area (Å²) in [6.45, 7) is 0. The van der Waals surface area contributed by atoms with Crippen molar-refractivity contribution >= 4 is 23.4 Å². The van der Waals surface area contributed by atoms with E-state index in [0.717, 1.165) is 10.2 Å². The number of aryl methyl sites for hydroxylation is 2. The highest BCUT2D eigenvalue weighted by atomic mass is 32.1. The summed E-state index contributed by atoms with van der Waals surface area (Å²) in [5, 5.41) is 0. The van der Waals surface area contributed by atoms with E-state index in [9.17, 15) is 0 Å². The molecule has 4 nitrogen and oxygen atoms in total. The van der Waals surface area contributed by atoms with Crippen LogP contribution in [0, 0.1) is 4.64 Å². The van der Waals surface area contributed by atoms with Crippen molar-refractivity contribution in [1.29, 1.82) is 0 Å². The molecule has 2 rings (SSSR count). The minimum Gasteiger partial charge on any atom is -0.330 e. The van der Waals surface area contributed by atoms with Crippen LogP contribution in [0.2, 0.25) is 0 Å². The third-order valence-electron chi connectivity index (χ3n) is 1.79. The van der Waals surface area contributed by atoms with E-state index in [4.69, 9.17) is 12.2 Å². The third-order valence-corrected chi connectivity index (χ3v) is 2.28. The molecule has 0 bridgehead atoms. The highest BCUT2D eigenvalue weighted by Crippen LogP contribution is 2.08. The lowest BCUT2D eigenvalue weighted by Gasteiger charge is -1.98. The van der Waals surface area contributed by atoms with Crippen molar-refractivity contribution < 1.29 is 0 Å². The molecule has 0 aliphatic carbocycles. The van der Waals surface area contributed by atoms with Crippen molar-refractivity contribution in [3.63, 3.8) is 0 Å². The number of fused-ring (bicyclic) bond motifs is 1. The van der Waals surface area contributed by atoms with Crippen LogP contribution < -0.4 is 0 Å². The Morgan fingerprint density at radius 2 is 1.75 bits per heavy atom. The summed E-state index contributed by atoms with van der Waals surface area (Å²) in [5.74, 6) is 0. The van der Waals surface area contributed by atoms with Crippen LogP contribution in [0.4, 0.5) is 0 Å². The van der Waals surface area contributed by atoms with E-state index in [1.165, 1.54) is 0 Å². The molecule has 0 radical (unpaired) electrons. The predicted molar refractivity (Wildman–Crippen MR) is 48.3 cm³/mol. The van der Waals surface area contributed by atoms with Gasteiger partial charge in [0, 0.05) is 14.1 Å². The highest BCUT2D eigenvalue weighted by Gasteiger charge is 2.02. The summed E-state index contributed by atoms with van der Waals surface area (Å²) in [5.41, 5.74) is 1.62. The van der Waals surface area contributed by atoms with Crippen LogP contribution in [0.25, 0.3) is 11.2 Å². The Kier molecular flexibility index (Phi) is 1.47. The fourth-order valence-corrected chi connectivity index (χ4v) is 1.40. The first-order chi connectivity index (χ1) is 5.70. The molecule has 0 aliphatic rings. The Hall–Kier alpha value is -1.23. The van der Waals surface area contributed by atoms with Gasteiger partial charge in [-0.1, -0.05) is 12.2 Å². The molecular weight excluding hydrogens is 172 g/mol. The van der Waals surface area contributed by atoms with Crippen molar-refractivity contribution in [1.82, 2.24) is 19.1 Å². The molecule has 2 heterocycles. The van der Waals surface area contributed by atoms with Gasteiger partial charge in [-0.2, -0.15) is 0 Å². The van der Waals surface area contributed by atoms with E-state index < -0.39 is 0 Å². The Balaban J connectivity index is 3.06. The van der Waals surface area contributed by atoms with E-state index in [1.54, 1.807) is 17.2 Å². The van der Waals surface area contributed by atoms with Crippen molar-refractivity contribution in [3.05, 3.63) is 17.3 Å². The van der Waals surface area contributed by atoms with Gasteiger partial charge in [0.05, 0.1) is 12.7 Å². The monoisotopic (exact) mass is 180 g/mol. The lowest BCUT2D eigenvalue weighted by Crippen LogP contribution is -1.96. The molecule has 0 amide bonds. The van der Waals surface area contributed by atoms with Crippen molar-refractivity contribution in [3.8, 4) is 0 Å². The van der Waals surface area contributed by atoms with Crippen LogP contribution in [-0.4, -0.2) is 19.1 Å². The van der Waals surface area contributed by atoms with Crippen molar-refractivity contribution in [2.75, 3.05) is 0 Å². The normalized spacial score (nSPS) is 10.8. The fraction of sp³-hybridized carbons (Fsp3) is 0.286. The molecule has 0 spiro atoms. The molecule has 0 fully saturated rings. The number of nitrogens with zero attached hydrogens (tertiary/aromatic N) is 4. The summed E-state index contributed by atoms with van der Waals surface area (Å²) in [4.78, 5) is 8.22. The third kappa shape index (κ3) is 0.863. The molecule has 0 aliphatic heterocycles. The zero-order chi connectivity index (χ0) is 8.72. The van der Waals surface area contributed by atoms with Gasteiger partial charge >= 0.3 is 0 Å². The Morgan fingerprint density at radius 3 is 2.42 bits per heavy atom. The second-order valence-corrected chi connectivity index (χ2v) is 3.08. The van der Waals surface area contributed by atoms with Gasteiger partial charge in [0.15, 0.2) is 5.65 Å². The SMILES string of the molecule is Cn1cnc2ncn(C)c2c1=S. The van der Waals surface area contributed by atoms with E-state index in [1.807, 2.05) is 18.7 Å². The maximum atomic E-state index is 5.20. The van der Waals surface area contributed by atoms with Crippen LogP contribution in [0.5, 0.6) is 0 Å². The number of hydrogen-bond acceptors (Lipinski definition) is 3. The molecular formula is C7H8N4S. The summed E-state index contributed by atoms with van der Waals surface area (Å²) < 4.78 is 4.45. The van der Waals surface area contributed by atoms with E-state index in [-0.39, 0.29) is 0 Å². The summed E-state index contributed by atoms with van der Waals surface area (Å²) in [6, 6.07) is 0. The van der Waals surface area contributed by atoms with Crippen LogP contribution >= 0.6 is 12.2 Å². The molecule has 2 aromatic heterocycles. The van der Waals surface area contributed by atoms with Crippen LogP contribution in [0.15, 0.2) is 12.7 Å². The van der Waals surface area contributed by atoms with Gasteiger partial charge in [0.2, 0.25) is 0 Å². The number of aromatic nitrogens is 4. The first-order valence-electron chi connectivity index (χ1n) is 3.53. The Labute approximate surface area is 74.5 Å². The molecule has 0 saturated heterocycles. The van der Waals surface area contributed by atoms with Gasteiger partial charge in [-0.05, 0) is 0 Å². The van der Waals surface area contributed by atoms with Gasteiger partial charge in [0.1, 0.15) is 10.2 Å². The zero-order valence-corrected chi connectivity index (χ0v) is 7.67. The van der Waals surface area contributed by atoms with E-state index >= 15 is 0 Å². The highest BCUT2D eigenvalue weighted by molar-refractivity contribution is 7.71. The maximum Gasteiger partial charge on any atom is 0.182 e. The first kappa shape index (κ1) is 7.42.